The van der Waals surface area contributed by atoms with Gasteiger partial charge >= 0.3 is 0 Å². The van der Waals surface area contributed by atoms with Gasteiger partial charge in [-0.05, 0) is 58.2 Å². The standard InChI is InChI=1S/C18H25BrN2O2/c1-12(15(22)21-17(2,3)4)20-16(23)18(10-5-11-18)13-6-8-14(19)9-7-13/h6-9,12H,5,10-11H2,1-4H3,(H,20,23)(H,21,22). The van der Waals surface area contributed by atoms with E-state index in [4.69, 9.17) is 0 Å². The Kier molecular flexibility index (Phi) is 5.19. The first-order valence-electron chi connectivity index (χ1n) is 8.03. The first kappa shape index (κ1) is 18.0. The highest BCUT2D eigenvalue weighted by Crippen LogP contribution is 2.44. The Morgan fingerprint density at radius 3 is 2.17 bits per heavy atom. The number of halogens is 1. The summed E-state index contributed by atoms with van der Waals surface area (Å²) in [5, 5.41) is 5.79. The minimum atomic E-state index is -0.547. The van der Waals surface area contributed by atoms with E-state index in [1.807, 2.05) is 45.0 Å². The quantitative estimate of drug-likeness (QED) is 0.841. The number of amides is 2. The SMILES string of the molecule is CC(NC(=O)C1(c2ccc(Br)cc2)CCC1)C(=O)NC(C)(C)C. The highest BCUT2D eigenvalue weighted by atomic mass is 79.9. The lowest BCUT2D eigenvalue weighted by Crippen LogP contribution is -2.56. The zero-order chi connectivity index (χ0) is 17.3. The second kappa shape index (κ2) is 6.63. The number of benzene rings is 1. The molecule has 0 bridgehead atoms. The minimum absolute atomic E-state index is 0.0531. The van der Waals surface area contributed by atoms with Crippen molar-refractivity contribution in [1.82, 2.24) is 10.6 Å². The molecule has 126 valence electrons. The molecule has 0 saturated heterocycles. The second-order valence-electron chi connectivity index (χ2n) is 7.38. The topological polar surface area (TPSA) is 58.2 Å². The van der Waals surface area contributed by atoms with Crippen molar-refractivity contribution in [3.8, 4) is 0 Å². The largest absolute Gasteiger partial charge is 0.350 e. The van der Waals surface area contributed by atoms with Gasteiger partial charge < -0.3 is 10.6 Å². The molecule has 2 N–H and O–H groups in total. The van der Waals surface area contributed by atoms with Crippen LogP contribution in [0.25, 0.3) is 0 Å². The van der Waals surface area contributed by atoms with Crippen LogP contribution in [0, 0.1) is 0 Å². The van der Waals surface area contributed by atoms with Crippen LogP contribution >= 0.6 is 15.9 Å². The molecule has 0 aromatic heterocycles. The van der Waals surface area contributed by atoms with Gasteiger partial charge in [-0.2, -0.15) is 0 Å². The Morgan fingerprint density at radius 1 is 1.17 bits per heavy atom. The number of nitrogens with one attached hydrogen (secondary N) is 2. The Hall–Kier alpha value is -1.36. The maximum atomic E-state index is 12.8. The van der Waals surface area contributed by atoms with Crippen molar-refractivity contribution in [2.45, 2.75) is 64.0 Å². The van der Waals surface area contributed by atoms with E-state index in [0.717, 1.165) is 29.3 Å². The van der Waals surface area contributed by atoms with Crippen LogP contribution in [0.15, 0.2) is 28.7 Å². The summed E-state index contributed by atoms with van der Waals surface area (Å²) in [6.45, 7) is 7.50. The van der Waals surface area contributed by atoms with Gasteiger partial charge in [-0.25, -0.2) is 0 Å². The molecular weight excluding hydrogens is 356 g/mol. The first-order chi connectivity index (χ1) is 10.6. The fourth-order valence-corrected chi connectivity index (χ4v) is 3.09. The monoisotopic (exact) mass is 380 g/mol. The summed E-state index contributed by atoms with van der Waals surface area (Å²) in [6.07, 6.45) is 2.69. The molecule has 0 spiro atoms. The maximum absolute atomic E-state index is 12.8. The Labute approximate surface area is 146 Å². The van der Waals surface area contributed by atoms with Gasteiger partial charge in [-0.15, -0.1) is 0 Å². The molecule has 1 aromatic rings. The van der Waals surface area contributed by atoms with Crippen molar-refractivity contribution >= 4 is 27.7 Å². The third-order valence-electron chi connectivity index (χ3n) is 4.28. The smallest absolute Gasteiger partial charge is 0.242 e. The van der Waals surface area contributed by atoms with E-state index in [-0.39, 0.29) is 17.4 Å². The van der Waals surface area contributed by atoms with Crippen LogP contribution < -0.4 is 10.6 Å². The number of carbonyl (C=O) groups excluding carboxylic acids is 2. The van der Waals surface area contributed by atoms with Gasteiger partial charge in [0, 0.05) is 10.0 Å². The molecule has 23 heavy (non-hydrogen) atoms. The Bertz CT molecular complexity index is 586. The molecule has 0 aliphatic heterocycles. The lowest BCUT2D eigenvalue weighted by Gasteiger charge is -2.41. The Balaban J connectivity index is 2.09. The van der Waals surface area contributed by atoms with E-state index in [0.29, 0.717) is 0 Å². The average molecular weight is 381 g/mol. The van der Waals surface area contributed by atoms with Crippen LogP contribution in [0.5, 0.6) is 0 Å². The van der Waals surface area contributed by atoms with Crippen LogP contribution in [0.4, 0.5) is 0 Å². The molecule has 0 radical (unpaired) electrons. The van der Waals surface area contributed by atoms with Crippen molar-refractivity contribution in [2.75, 3.05) is 0 Å². The number of hydrogen-bond acceptors (Lipinski definition) is 2. The van der Waals surface area contributed by atoms with Crippen molar-refractivity contribution in [3.63, 3.8) is 0 Å². The first-order valence-corrected chi connectivity index (χ1v) is 8.82. The van der Waals surface area contributed by atoms with Crippen molar-refractivity contribution in [2.24, 2.45) is 0 Å². The Morgan fingerprint density at radius 2 is 1.74 bits per heavy atom. The predicted molar refractivity (Wildman–Crippen MR) is 95.2 cm³/mol. The lowest BCUT2D eigenvalue weighted by molar-refractivity contribution is -0.134. The molecule has 2 rings (SSSR count). The zero-order valence-electron chi connectivity index (χ0n) is 14.2. The summed E-state index contributed by atoms with van der Waals surface area (Å²) < 4.78 is 0.994. The third-order valence-corrected chi connectivity index (χ3v) is 4.81. The third kappa shape index (κ3) is 4.14. The van der Waals surface area contributed by atoms with Crippen LogP contribution in [0.2, 0.25) is 0 Å². The fourth-order valence-electron chi connectivity index (χ4n) is 2.82. The summed E-state index contributed by atoms with van der Waals surface area (Å²) in [7, 11) is 0. The van der Waals surface area contributed by atoms with E-state index in [2.05, 4.69) is 26.6 Å². The lowest BCUT2D eigenvalue weighted by atomic mass is 9.63. The zero-order valence-corrected chi connectivity index (χ0v) is 15.8. The normalized spacial score (nSPS) is 17.8. The van der Waals surface area contributed by atoms with Gasteiger partial charge in [0.05, 0.1) is 5.41 Å². The van der Waals surface area contributed by atoms with Gasteiger partial charge in [0.2, 0.25) is 11.8 Å². The fraction of sp³-hybridized carbons (Fsp3) is 0.556. The van der Waals surface area contributed by atoms with Crippen molar-refractivity contribution in [3.05, 3.63) is 34.3 Å². The molecule has 5 heteroatoms. The van der Waals surface area contributed by atoms with Gasteiger partial charge in [0.25, 0.3) is 0 Å². The summed E-state index contributed by atoms with van der Waals surface area (Å²) in [5.41, 5.74) is 0.222. The molecular formula is C18H25BrN2O2. The minimum Gasteiger partial charge on any atom is -0.350 e. The van der Waals surface area contributed by atoms with Gasteiger partial charge in [-0.1, -0.05) is 34.5 Å². The molecule has 1 unspecified atom stereocenters. The molecule has 4 nitrogen and oxygen atoms in total. The average Bonchev–Trinajstić information content (AvgIpc) is 2.37. The van der Waals surface area contributed by atoms with Crippen LogP contribution in [-0.2, 0) is 15.0 Å². The number of rotatable bonds is 4. The van der Waals surface area contributed by atoms with E-state index in [1.165, 1.54) is 0 Å². The number of hydrogen-bond donors (Lipinski definition) is 2. The van der Waals surface area contributed by atoms with E-state index >= 15 is 0 Å². The second-order valence-corrected chi connectivity index (χ2v) is 8.29. The van der Waals surface area contributed by atoms with Crippen molar-refractivity contribution < 1.29 is 9.59 Å². The van der Waals surface area contributed by atoms with Crippen LogP contribution in [-0.4, -0.2) is 23.4 Å². The number of carbonyl (C=O) groups is 2. The molecule has 1 aromatic carbocycles. The molecule has 0 heterocycles. The van der Waals surface area contributed by atoms with Gasteiger partial charge in [0.1, 0.15) is 6.04 Å². The summed E-state index contributed by atoms with van der Waals surface area (Å²) in [5.74, 6) is -0.209. The molecule has 1 aliphatic carbocycles. The molecule has 1 atom stereocenters. The predicted octanol–water partition coefficient (Wildman–Crippen LogP) is 3.29. The summed E-state index contributed by atoms with van der Waals surface area (Å²) in [6, 6.07) is 7.34. The van der Waals surface area contributed by atoms with Crippen molar-refractivity contribution in [1.29, 1.82) is 0 Å². The molecule has 1 fully saturated rings. The molecule has 1 aliphatic rings. The molecule has 1 saturated carbocycles. The van der Waals surface area contributed by atoms with E-state index < -0.39 is 11.5 Å². The summed E-state index contributed by atoms with van der Waals surface area (Å²) >= 11 is 3.42. The van der Waals surface area contributed by atoms with Crippen LogP contribution in [0.1, 0.15) is 52.5 Å². The highest BCUT2D eigenvalue weighted by Gasteiger charge is 2.46. The van der Waals surface area contributed by atoms with E-state index in [1.54, 1.807) is 6.92 Å². The van der Waals surface area contributed by atoms with Gasteiger partial charge in [0.15, 0.2) is 0 Å². The van der Waals surface area contributed by atoms with Crippen LogP contribution in [0.3, 0.4) is 0 Å². The highest BCUT2D eigenvalue weighted by molar-refractivity contribution is 9.10. The van der Waals surface area contributed by atoms with Gasteiger partial charge in [-0.3, -0.25) is 9.59 Å². The maximum Gasteiger partial charge on any atom is 0.242 e. The van der Waals surface area contributed by atoms with E-state index in [9.17, 15) is 9.59 Å². The summed E-state index contributed by atoms with van der Waals surface area (Å²) in [4.78, 5) is 25.0. The molecule has 2 amide bonds.